The fraction of sp³-hybridized carbons (Fsp3) is 0.250. The summed E-state index contributed by atoms with van der Waals surface area (Å²) in [7, 11) is 1.53. The van der Waals surface area contributed by atoms with E-state index in [9.17, 15) is 14.4 Å². The summed E-state index contributed by atoms with van der Waals surface area (Å²) < 4.78 is 24.7. The molecule has 10 nitrogen and oxygen atoms in total. The van der Waals surface area contributed by atoms with Crippen molar-refractivity contribution in [2.45, 2.75) is 39.8 Å². The number of benzene rings is 2. The van der Waals surface area contributed by atoms with Crippen molar-refractivity contribution in [2.24, 2.45) is 4.99 Å². The minimum atomic E-state index is -1.01. The monoisotopic (exact) mass is 602 g/mol. The average Bonchev–Trinajstić information content (AvgIpc) is 3.56. The Kier molecular flexibility index (Phi) is 8.36. The molecule has 43 heavy (non-hydrogen) atoms. The van der Waals surface area contributed by atoms with Crippen molar-refractivity contribution >= 4 is 29.4 Å². The highest BCUT2D eigenvalue weighted by Gasteiger charge is 2.34. The lowest BCUT2D eigenvalue weighted by atomic mass is 9.95. The molecule has 1 N–H and O–H groups in total. The molecule has 0 bridgehead atoms. The van der Waals surface area contributed by atoms with Crippen LogP contribution < -0.4 is 24.4 Å². The van der Waals surface area contributed by atoms with Gasteiger partial charge in [-0.05, 0) is 69.7 Å². The number of hydrogen-bond acceptors (Lipinski definition) is 9. The van der Waals surface area contributed by atoms with Crippen molar-refractivity contribution in [1.29, 1.82) is 0 Å². The molecule has 1 aliphatic heterocycles. The maximum atomic E-state index is 13.9. The quantitative estimate of drug-likeness (QED) is 0.276. The van der Waals surface area contributed by atoms with E-state index in [-0.39, 0.29) is 29.4 Å². The molecule has 0 spiro atoms. The second kappa shape index (κ2) is 12.1. The minimum Gasteiger partial charge on any atom is -0.493 e. The number of allylic oxidation sites excluding steroid dienone is 1. The molecule has 2 aromatic heterocycles. The SMILES string of the molecule is CCOC(=O)C1=C(C)N=c2sc(=Cc3ccc(-c4ccc(C(=O)O)cc4)o3)c(=O)n2C1c1ccc(OC(C)C)c(OC)c1. The summed E-state index contributed by atoms with van der Waals surface area (Å²) in [5.74, 6) is 0.375. The van der Waals surface area contributed by atoms with Gasteiger partial charge in [-0.1, -0.05) is 29.5 Å². The number of nitrogens with zero attached hydrogens (tertiary/aromatic N) is 2. The van der Waals surface area contributed by atoms with Crippen LogP contribution in [0.25, 0.3) is 17.4 Å². The van der Waals surface area contributed by atoms with Gasteiger partial charge in [-0.2, -0.15) is 0 Å². The molecule has 222 valence electrons. The van der Waals surface area contributed by atoms with Crippen molar-refractivity contribution in [3.63, 3.8) is 0 Å². The van der Waals surface area contributed by atoms with Crippen LogP contribution in [0.2, 0.25) is 0 Å². The summed E-state index contributed by atoms with van der Waals surface area (Å²) in [6, 6.07) is 14.3. The third-order valence-corrected chi connectivity index (χ3v) is 7.68. The summed E-state index contributed by atoms with van der Waals surface area (Å²) in [4.78, 5) is 43.3. The predicted octanol–water partition coefficient (Wildman–Crippen LogP) is 4.55. The maximum Gasteiger partial charge on any atom is 0.338 e. The number of methoxy groups -OCH3 is 1. The first-order chi connectivity index (χ1) is 20.6. The number of fused-ring (bicyclic) bond motifs is 1. The number of hydrogen-bond donors (Lipinski definition) is 1. The Morgan fingerprint density at radius 3 is 2.51 bits per heavy atom. The van der Waals surface area contributed by atoms with E-state index in [1.165, 1.54) is 35.1 Å². The summed E-state index contributed by atoms with van der Waals surface area (Å²) in [5.41, 5.74) is 1.84. The Morgan fingerprint density at radius 2 is 1.86 bits per heavy atom. The molecular formula is C32H30N2O8S. The molecule has 1 unspecified atom stereocenters. The maximum absolute atomic E-state index is 13.9. The van der Waals surface area contributed by atoms with E-state index in [0.717, 1.165) is 0 Å². The standard InChI is InChI=1S/C32H30N2O8S/c1-6-40-31(38)27-18(4)33-32-34(28(27)21-11-13-24(41-17(2)3)25(15-21)39-5)29(35)26(43-32)16-22-12-14-23(42-22)19-7-9-20(10-8-19)30(36)37/h7-17,28H,6H2,1-5H3,(H,36,37). The molecule has 0 saturated carbocycles. The number of ether oxygens (including phenoxy) is 3. The second-order valence-electron chi connectivity index (χ2n) is 9.96. The number of carboxylic acid groups (broad SMARTS) is 1. The number of aromatic carboxylic acids is 1. The highest BCUT2D eigenvalue weighted by molar-refractivity contribution is 7.07. The number of carbonyl (C=O) groups is 2. The first-order valence-corrected chi connectivity index (χ1v) is 14.4. The molecule has 0 saturated heterocycles. The third-order valence-electron chi connectivity index (χ3n) is 6.70. The van der Waals surface area contributed by atoms with Crippen molar-refractivity contribution in [3.05, 3.63) is 102 Å². The lowest BCUT2D eigenvalue weighted by Gasteiger charge is -2.25. The van der Waals surface area contributed by atoms with Gasteiger partial charge in [-0.3, -0.25) is 9.36 Å². The summed E-state index contributed by atoms with van der Waals surface area (Å²) in [5, 5.41) is 9.15. The average molecular weight is 603 g/mol. The van der Waals surface area contributed by atoms with Crippen LogP contribution in [0.4, 0.5) is 0 Å². The number of furan rings is 1. The predicted molar refractivity (Wildman–Crippen MR) is 160 cm³/mol. The van der Waals surface area contributed by atoms with E-state index in [1.54, 1.807) is 62.4 Å². The Hall–Kier alpha value is -4.90. The zero-order valence-electron chi connectivity index (χ0n) is 24.2. The Balaban J connectivity index is 1.61. The molecule has 1 aliphatic rings. The van der Waals surface area contributed by atoms with E-state index in [1.807, 2.05) is 13.8 Å². The fourth-order valence-electron chi connectivity index (χ4n) is 4.80. The van der Waals surface area contributed by atoms with Crippen LogP contribution in [0.3, 0.4) is 0 Å². The van der Waals surface area contributed by atoms with E-state index in [0.29, 0.717) is 49.2 Å². The Morgan fingerprint density at radius 1 is 1.12 bits per heavy atom. The van der Waals surface area contributed by atoms with Crippen molar-refractivity contribution in [2.75, 3.05) is 13.7 Å². The van der Waals surface area contributed by atoms with E-state index in [4.69, 9.17) is 23.7 Å². The molecule has 0 fully saturated rings. The molecule has 3 heterocycles. The largest absolute Gasteiger partial charge is 0.493 e. The fourth-order valence-corrected chi connectivity index (χ4v) is 5.83. The normalized spacial score (nSPS) is 14.8. The topological polar surface area (TPSA) is 130 Å². The van der Waals surface area contributed by atoms with Gasteiger partial charge in [-0.15, -0.1) is 0 Å². The molecule has 0 radical (unpaired) electrons. The van der Waals surface area contributed by atoms with Crippen LogP contribution in [0.5, 0.6) is 11.5 Å². The lowest BCUT2D eigenvalue weighted by molar-refractivity contribution is -0.139. The summed E-state index contributed by atoms with van der Waals surface area (Å²) in [6.07, 6.45) is 1.54. The van der Waals surface area contributed by atoms with Gasteiger partial charge in [0, 0.05) is 11.6 Å². The van der Waals surface area contributed by atoms with E-state index < -0.39 is 18.0 Å². The van der Waals surface area contributed by atoms with Gasteiger partial charge in [-0.25, -0.2) is 14.6 Å². The molecule has 0 amide bonds. The van der Waals surface area contributed by atoms with Crippen LogP contribution in [0, 0.1) is 0 Å². The molecular weight excluding hydrogens is 572 g/mol. The summed E-state index contributed by atoms with van der Waals surface area (Å²) >= 11 is 1.18. The number of carboxylic acids is 1. The molecule has 5 rings (SSSR count). The van der Waals surface area contributed by atoms with Gasteiger partial charge in [0.25, 0.3) is 5.56 Å². The van der Waals surface area contributed by atoms with Gasteiger partial charge in [0.05, 0.1) is 47.2 Å². The smallest absolute Gasteiger partial charge is 0.338 e. The first-order valence-electron chi connectivity index (χ1n) is 13.6. The third kappa shape index (κ3) is 5.89. The van der Waals surface area contributed by atoms with Gasteiger partial charge in [0.15, 0.2) is 16.3 Å². The molecule has 4 aromatic rings. The zero-order chi connectivity index (χ0) is 30.8. The number of rotatable bonds is 9. The highest BCUT2D eigenvalue weighted by atomic mass is 32.1. The van der Waals surface area contributed by atoms with Gasteiger partial charge in [0.2, 0.25) is 0 Å². The summed E-state index contributed by atoms with van der Waals surface area (Å²) in [6.45, 7) is 7.42. The first kappa shape index (κ1) is 29.6. The van der Waals surface area contributed by atoms with Gasteiger partial charge >= 0.3 is 11.9 Å². The number of aromatic nitrogens is 1. The number of thiazole rings is 1. The second-order valence-corrected chi connectivity index (χ2v) is 11.0. The van der Waals surface area contributed by atoms with Crippen LogP contribution in [0.15, 0.2) is 80.1 Å². The number of carbonyl (C=O) groups excluding carboxylic acids is 1. The van der Waals surface area contributed by atoms with Crippen LogP contribution in [0.1, 0.15) is 55.4 Å². The molecule has 0 aliphatic carbocycles. The van der Waals surface area contributed by atoms with Crippen LogP contribution in [-0.2, 0) is 9.53 Å². The van der Waals surface area contributed by atoms with Crippen LogP contribution >= 0.6 is 11.3 Å². The Bertz CT molecular complexity index is 1910. The molecule has 1 atom stereocenters. The van der Waals surface area contributed by atoms with Gasteiger partial charge < -0.3 is 23.7 Å². The molecule has 11 heteroatoms. The van der Waals surface area contributed by atoms with Crippen molar-refractivity contribution in [3.8, 4) is 22.8 Å². The molecule has 2 aromatic carbocycles. The lowest BCUT2D eigenvalue weighted by Crippen LogP contribution is -2.40. The van der Waals surface area contributed by atoms with Gasteiger partial charge in [0.1, 0.15) is 11.5 Å². The van der Waals surface area contributed by atoms with Crippen molar-refractivity contribution in [1.82, 2.24) is 4.57 Å². The van der Waals surface area contributed by atoms with E-state index >= 15 is 0 Å². The number of esters is 1. The van der Waals surface area contributed by atoms with Crippen LogP contribution in [-0.4, -0.2) is 41.4 Å². The minimum absolute atomic E-state index is 0.0825. The van der Waals surface area contributed by atoms with E-state index in [2.05, 4.69) is 4.99 Å². The van der Waals surface area contributed by atoms with Crippen molar-refractivity contribution < 1.29 is 33.3 Å². The Labute approximate surface area is 250 Å². The zero-order valence-corrected chi connectivity index (χ0v) is 25.1. The highest BCUT2D eigenvalue weighted by Crippen LogP contribution is 2.36.